The summed E-state index contributed by atoms with van der Waals surface area (Å²) < 4.78 is 1.67. The molecule has 0 saturated heterocycles. The van der Waals surface area contributed by atoms with Gasteiger partial charge in [0.25, 0.3) is 0 Å². The Labute approximate surface area is 105 Å². The molecule has 2 aromatic rings. The van der Waals surface area contributed by atoms with E-state index in [9.17, 15) is 0 Å². The second kappa shape index (κ2) is 4.85. The van der Waals surface area contributed by atoms with Crippen LogP contribution in [0.1, 0.15) is 22.9 Å². The van der Waals surface area contributed by atoms with Crippen LogP contribution in [-0.4, -0.2) is 15.0 Å². The molecule has 1 aromatic heterocycles. The van der Waals surface area contributed by atoms with E-state index in [2.05, 4.69) is 10.3 Å². The first-order valence-corrected chi connectivity index (χ1v) is 5.80. The third kappa shape index (κ3) is 3.05. The van der Waals surface area contributed by atoms with Gasteiger partial charge in [0.05, 0.1) is 5.69 Å². The van der Waals surface area contributed by atoms with Gasteiger partial charge in [-0.2, -0.15) is 0 Å². The zero-order valence-corrected chi connectivity index (χ0v) is 10.6. The predicted octanol–water partition coefficient (Wildman–Crippen LogP) is 2.02. The van der Waals surface area contributed by atoms with Crippen molar-refractivity contribution >= 4 is 11.6 Å². The van der Waals surface area contributed by atoms with Gasteiger partial charge in [-0.1, -0.05) is 22.9 Å². The fraction of sp³-hybridized carbons (Fsp3) is 0.333. The third-order valence-corrected chi connectivity index (χ3v) is 2.79. The fourth-order valence-electron chi connectivity index (χ4n) is 1.81. The average Bonchev–Trinajstić information content (AvgIpc) is 2.62. The molecule has 1 atom stereocenters. The molecule has 2 rings (SSSR count). The topological polar surface area (TPSA) is 56.7 Å². The third-order valence-electron chi connectivity index (χ3n) is 2.57. The molecule has 0 aliphatic heterocycles. The van der Waals surface area contributed by atoms with Gasteiger partial charge >= 0.3 is 0 Å². The minimum absolute atomic E-state index is 0.107. The number of aryl methyl sites for hydroxylation is 2. The van der Waals surface area contributed by atoms with Crippen LogP contribution in [0.15, 0.2) is 24.4 Å². The van der Waals surface area contributed by atoms with Crippen LogP contribution in [-0.2, 0) is 13.5 Å². The van der Waals surface area contributed by atoms with Crippen LogP contribution in [0.3, 0.4) is 0 Å². The van der Waals surface area contributed by atoms with Gasteiger partial charge in [-0.25, -0.2) is 0 Å². The average molecular weight is 251 g/mol. The molecular weight excluding hydrogens is 236 g/mol. The summed E-state index contributed by atoms with van der Waals surface area (Å²) >= 11 is 6.01. The molecule has 0 bridgehead atoms. The first-order valence-electron chi connectivity index (χ1n) is 5.42. The number of benzene rings is 1. The van der Waals surface area contributed by atoms with E-state index in [1.807, 2.05) is 38.4 Å². The molecule has 0 fully saturated rings. The lowest BCUT2D eigenvalue weighted by molar-refractivity contribution is 0.693. The summed E-state index contributed by atoms with van der Waals surface area (Å²) in [5.74, 6) is 0. The summed E-state index contributed by atoms with van der Waals surface area (Å²) in [5.41, 5.74) is 9.17. The normalized spacial score (nSPS) is 12.7. The van der Waals surface area contributed by atoms with Crippen molar-refractivity contribution in [2.24, 2.45) is 12.8 Å². The molecule has 1 aromatic carbocycles. The Balaban J connectivity index is 2.16. The molecule has 1 unspecified atom stereocenters. The van der Waals surface area contributed by atoms with E-state index in [0.29, 0.717) is 6.42 Å². The number of halogens is 1. The SMILES string of the molecule is Cc1cc(Cl)cc(C(N)Cc2cn(C)nn2)c1. The fourth-order valence-corrected chi connectivity index (χ4v) is 2.11. The van der Waals surface area contributed by atoms with Crippen molar-refractivity contribution in [3.8, 4) is 0 Å². The Kier molecular flexibility index (Phi) is 3.45. The van der Waals surface area contributed by atoms with Crippen LogP contribution in [0.2, 0.25) is 5.02 Å². The molecule has 0 aliphatic rings. The maximum Gasteiger partial charge on any atom is 0.0845 e. The summed E-state index contributed by atoms with van der Waals surface area (Å²) in [6.07, 6.45) is 2.53. The van der Waals surface area contributed by atoms with Crippen molar-refractivity contribution in [1.82, 2.24) is 15.0 Å². The number of aromatic nitrogens is 3. The predicted molar refractivity (Wildman–Crippen MR) is 67.8 cm³/mol. The molecule has 0 amide bonds. The zero-order chi connectivity index (χ0) is 12.4. The van der Waals surface area contributed by atoms with Gasteiger partial charge in [0.1, 0.15) is 0 Å². The van der Waals surface area contributed by atoms with Gasteiger partial charge in [0.15, 0.2) is 0 Å². The van der Waals surface area contributed by atoms with E-state index >= 15 is 0 Å². The smallest absolute Gasteiger partial charge is 0.0845 e. The van der Waals surface area contributed by atoms with Gasteiger partial charge in [0.2, 0.25) is 0 Å². The maximum absolute atomic E-state index is 6.14. The van der Waals surface area contributed by atoms with E-state index < -0.39 is 0 Å². The minimum atomic E-state index is -0.107. The summed E-state index contributed by atoms with van der Waals surface area (Å²) in [5, 5.41) is 8.63. The Morgan fingerprint density at radius 2 is 2.18 bits per heavy atom. The summed E-state index contributed by atoms with van der Waals surface area (Å²) in [6.45, 7) is 2.00. The highest BCUT2D eigenvalue weighted by Crippen LogP contribution is 2.21. The second-order valence-corrected chi connectivity index (χ2v) is 4.69. The van der Waals surface area contributed by atoms with Crippen molar-refractivity contribution in [2.45, 2.75) is 19.4 Å². The quantitative estimate of drug-likeness (QED) is 0.907. The molecule has 1 heterocycles. The minimum Gasteiger partial charge on any atom is -0.324 e. The molecule has 17 heavy (non-hydrogen) atoms. The number of hydrogen-bond donors (Lipinski definition) is 1. The first kappa shape index (κ1) is 12.1. The van der Waals surface area contributed by atoms with E-state index in [4.69, 9.17) is 17.3 Å². The molecule has 5 heteroatoms. The van der Waals surface area contributed by atoms with Crippen LogP contribution in [0.5, 0.6) is 0 Å². The van der Waals surface area contributed by atoms with Crippen molar-refractivity contribution in [3.63, 3.8) is 0 Å². The Bertz CT molecular complexity index is 501. The van der Waals surface area contributed by atoms with Gasteiger partial charge in [0, 0.05) is 30.7 Å². The zero-order valence-electron chi connectivity index (χ0n) is 9.89. The van der Waals surface area contributed by atoms with Crippen LogP contribution >= 0.6 is 11.6 Å². The maximum atomic E-state index is 6.14. The second-order valence-electron chi connectivity index (χ2n) is 4.26. The van der Waals surface area contributed by atoms with Crippen LogP contribution in [0.4, 0.5) is 0 Å². The van der Waals surface area contributed by atoms with Gasteiger partial charge in [-0.05, 0) is 30.2 Å². The van der Waals surface area contributed by atoms with Gasteiger partial charge in [-0.3, -0.25) is 4.68 Å². The summed E-state index contributed by atoms with van der Waals surface area (Å²) in [7, 11) is 1.84. The van der Waals surface area contributed by atoms with Crippen LogP contribution in [0.25, 0.3) is 0 Å². The molecule has 90 valence electrons. The molecule has 0 saturated carbocycles. The molecular formula is C12H15ClN4. The van der Waals surface area contributed by atoms with Crippen molar-refractivity contribution in [2.75, 3.05) is 0 Å². The lowest BCUT2D eigenvalue weighted by Crippen LogP contribution is -2.13. The Morgan fingerprint density at radius 3 is 2.76 bits per heavy atom. The lowest BCUT2D eigenvalue weighted by atomic mass is 10.0. The number of rotatable bonds is 3. The van der Waals surface area contributed by atoms with E-state index in [-0.39, 0.29) is 6.04 Å². The van der Waals surface area contributed by atoms with Crippen LogP contribution < -0.4 is 5.73 Å². The standard InChI is InChI=1S/C12H15ClN4/c1-8-3-9(5-10(13)4-8)12(14)6-11-7-17(2)16-15-11/h3-5,7,12H,6,14H2,1-2H3. The van der Waals surface area contributed by atoms with Crippen molar-refractivity contribution in [3.05, 3.63) is 46.2 Å². The Morgan fingerprint density at radius 1 is 1.41 bits per heavy atom. The highest BCUT2D eigenvalue weighted by molar-refractivity contribution is 6.30. The first-order chi connectivity index (χ1) is 8.04. The highest BCUT2D eigenvalue weighted by atomic mass is 35.5. The lowest BCUT2D eigenvalue weighted by Gasteiger charge is -2.11. The van der Waals surface area contributed by atoms with E-state index in [0.717, 1.165) is 21.8 Å². The summed E-state index contributed by atoms with van der Waals surface area (Å²) in [6, 6.07) is 5.76. The van der Waals surface area contributed by atoms with Crippen molar-refractivity contribution in [1.29, 1.82) is 0 Å². The molecule has 2 N–H and O–H groups in total. The number of nitrogens with zero attached hydrogens (tertiary/aromatic N) is 3. The van der Waals surface area contributed by atoms with E-state index in [1.165, 1.54) is 0 Å². The van der Waals surface area contributed by atoms with Crippen LogP contribution in [0, 0.1) is 6.92 Å². The largest absolute Gasteiger partial charge is 0.324 e. The Hall–Kier alpha value is -1.39. The molecule has 4 nitrogen and oxygen atoms in total. The number of hydrogen-bond acceptors (Lipinski definition) is 3. The highest BCUT2D eigenvalue weighted by Gasteiger charge is 2.10. The molecule has 0 aliphatic carbocycles. The van der Waals surface area contributed by atoms with E-state index in [1.54, 1.807) is 4.68 Å². The van der Waals surface area contributed by atoms with Crippen molar-refractivity contribution < 1.29 is 0 Å². The van der Waals surface area contributed by atoms with Gasteiger partial charge < -0.3 is 5.73 Å². The molecule has 0 spiro atoms. The molecule has 0 radical (unpaired) electrons. The monoisotopic (exact) mass is 250 g/mol. The summed E-state index contributed by atoms with van der Waals surface area (Å²) in [4.78, 5) is 0. The van der Waals surface area contributed by atoms with Gasteiger partial charge in [-0.15, -0.1) is 5.10 Å². The number of nitrogens with two attached hydrogens (primary N) is 1.